The van der Waals surface area contributed by atoms with Crippen LogP contribution in [0.1, 0.15) is 31.4 Å². The van der Waals surface area contributed by atoms with Gasteiger partial charge in [-0.25, -0.2) is 0 Å². The molecule has 0 heterocycles. The van der Waals surface area contributed by atoms with Crippen molar-refractivity contribution in [2.75, 3.05) is 13.2 Å². The summed E-state index contributed by atoms with van der Waals surface area (Å²) in [6, 6.07) is 7.11. The van der Waals surface area contributed by atoms with Crippen molar-refractivity contribution in [1.29, 1.82) is 0 Å². The first-order valence-corrected chi connectivity index (χ1v) is 5.69. The molecule has 0 fully saturated rings. The third-order valence-electron chi connectivity index (χ3n) is 2.33. The largest absolute Gasteiger partial charge is 0.494 e. The molecule has 0 aliphatic rings. The molecule has 0 aliphatic carbocycles. The SMILES string of the molecule is CCCOc1ccc(C(CCO)N=[N+]=[N-])cc1. The van der Waals surface area contributed by atoms with E-state index >= 15 is 0 Å². The molecule has 0 bridgehead atoms. The molecular weight excluding hydrogens is 218 g/mol. The van der Waals surface area contributed by atoms with Gasteiger partial charge in [0, 0.05) is 11.5 Å². The lowest BCUT2D eigenvalue weighted by molar-refractivity contribution is 0.276. The lowest BCUT2D eigenvalue weighted by Crippen LogP contribution is -1.99. The van der Waals surface area contributed by atoms with Crippen molar-refractivity contribution in [3.63, 3.8) is 0 Å². The van der Waals surface area contributed by atoms with Crippen LogP contribution in [0.15, 0.2) is 29.4 Å². The zero-order chi connectivity index (χ0) is 12.5. The number of nitrogens with zero attached hydrogens (tertiary/aromatic N) is 3. The predicted molar refractivity (Wildman–Crippen MR) is 65.8 cm³/mol. The Hall–Kier alpha value is -1.71. The summed E-state index contributed by atoms with van der Waals surface area (Å²) in [6.07, 6.45) is 1.40. The molecule has 0 aromatic heterocycles. The summed E-state index contributed by atoms with van der Waals surface area (Å²) in [6.45, 7) is 2.74. The number of benzene rings is 1. The second-order valence-electron chi connectivity index (χ2n) is 3.65. The summed E-state index contributed by atoms with van der Waals surface area (Å²) >= 11 is 0. The molecular formula is C12H17N3O2. The summed E-state index contributed by atoms with van der Waals surface area (Å²) in [5, 5.41) is 12.5. The summed E-state index contributed by atoms with van der Waals surface area (Å²) in [4.78, 5) is 2.79. The standard InChI is InChI=1S/C12H17N3O2/c1-2-9-17-11-5-3-10(4-6-11)12(7-8-16)14-15-13/h3-6,12,16H,2,7-9H2,1H3. The Morgan fingerprint density at radius 1 is 1.41 bits per heavy atom. The van der Waals surface area contributed by atoms with Gasteiger partial charge in [0.05, 0.1) is 12.6 Å². The Labute approximate surface area is 101 Å². The van der Waals surface area contributed by atoms with Crippen LogP contribution in [0.3, 0.4) is 0 Å². The lowest BCUT2D eigenvalue weighted by atomic mass is 10.1. The molecule has 5 heteroatoms. The molecule has 1 atom stereocenters. The van der Waals surface area contributed by atoms with Crippen molar-refractivity contribution in [2.24, 2.45) is 5.11 Å². The fourth-order valence-corrected chi connectivity index (χ4v) is 1.48. The minimum Gasteiger partial charge on any atom is -0.494 e. The van der Waals surface area contributed by atoms with E-state index in [9.17, 15) is 0 Å². The molecule has 1 N–H and O–H groups in total. The molecule has 92 valence electrons. The van der Waals surface area contributed by atoms with Gasteiger partial charge in [0.25, 0.3) is 0 Å². The van der Waals surface area contributed by atoms with Crippen LogP contribution in [0, 0.1) is 0 Å². The quantitative estimate of drug-likeness (QED) is 0.447. The minimum atomic E-state index is -0.315. The number of azide groups is 1. The van der Waals surface area contributed by atoms with Gasteiger partial charge in [-0.15, -0.1) is 0 Å². The number of hydrogen-bond acceptors (Lipinski definition) is 3. The Kier molecular flexibility index (Phi) is 5.93. The Balaban J connectivity index is 2.73. The van der Waals surface area contributed by atoms with E-state index < -0.39 is 0 Å². The number of aliphatic hydroxyl groups is 1. The predicted octanol–water partition coefficient (Wildman–Crippen LogP) is 3.21. The summed E-state index contributed by atoms with van der Waals surface area (Å²) in [5.74, 6) is 0.805. The average molecular weight is 235 g/mol. The maximum atomic E-state index is 8.89. The fourth-order valence-electron chi connectivity index (χ4n) is 1.48. The molecule has 0 radical (unpaired) electrons. The van der Waals surface area contributed by atoms with Crippen molar-refractivity contribution in [3.05, 3.63) is 40.3 Å². The average Bonchev–Trinajstić information content (AvgIpc) is 2.37. The van der Waals surface area contributed by atoms with Gasteiger partial charge in [-0.05, 0) is 36.1 Å². The van der Waals surface area contributed by atoms with Gasteiger partial charge >= 0.3 is 0 Å². The maximum absolute atomic E-state index is 8.89. The van der Waals surface area contributed by atoms with Crippen LogP contribution in [0.4, 0.5) is 0 Å². The van der Waals surface area contributed by atoms with Crippen LogP contribution in [-0.4, -0.2) is 18.3 Å². The normalized spacial score (nSPS) is 11.6. The molecule has 17 heavy (non-hydrogen) atoms. The summed E-state index contributed by atoms with van der Waals surface area (Å²) < 4.78 is 5.46. The number of aliphatic hydroxyl groups excluding tert-OH is 1. The molecule has 1 aromatic rings. The van der Waals surface area contributed by atoms with Crippen molar-refractivity contribution >= 4 is 0 Å². The van der Waals surface area contributed by atoms with Crippen LogP contribution in [0.2, 0.25) is 0 Å². The zero-order valence-electron chi connectivity index (χ0n) is 9.91. The van der Waals surface area contributed by atoms with E-state index in [2.05, 4.69) is 10.0 Å². The Bertz CT molecular complexity index is 372. The highest BCUT2D eigenvalue weighted by atomic mass is 16.5. The highest BCUT2D eigenvalue weighted by Crippen LogP contribution is 2.23. The molecule has 0 saturated heterocycles. The second-order valence-corrected chi connectivity index (χ2v) is 3.65. The van der Waals surface area contributed by atoms with E-state index in [0.717, 1.165) is 17.7 Å². The van der Waals surface area contributed by atoms with Crippen LogP contribution in [-0.2, 0) is 0 Å². The van der Waals surface area contributed by atoms with E-state index in [1.165, 1.54) is 0 Å². The molecule has 1 rings (SSSR count). The van der Waals surface area contributed by atoms with Crippen LogP contribution in [0.25, 0.3) is 10.4 Å². The topological polar surface area (TPSA) is 78.2 Å². The van der Waals surface area contributed by atoms with Crippen molar-refractivity contribution in [2.45, 2.75) is 25.8 Å². The molecule has 0 amide bonds. The van der Waals surface area contributed by atoms with E-state index in [1.54, 1.807) is 0 Å². The number of hydrogen-bond donors (Lipinski definition) is 1. The van der Waals surface area contributed by atoms with Gasteiger partial charge < -0.3 is 9.84 Å². The van der Waals surface area contributed by atoms with Gasteiger partial charge in [0.15, 0.2) is 0 Å². The Morgan fingerprint density at radius 3 is 2.65 bits per heavy atom. The zero-order valence-corrected chi connectivity index (χ0v) is 9.91. The van der Waals surface area contributed by atoms with E-state index in [4.69, 9.17) is 15.4 Å². The van der Waals surface area contributed by atoms with E-state index in [1.807, 2.05) is 31.2 Å². The maximum Gasteiger partial charge on any atom is 0.119 e. The first-order chi connectivity index (χ1) is 8.31. The van der Waals surface area contributed by atoms with Gasteiger partial charge in [-0.1, -0.05) is 24.2 Å². The summed E-state index contributed by atoms with van der Waals surface area (Å²) in [5.41, 5.74) is 9.34. The summed E-state index contributed by atoms with van der Waals surface area (Å²) in [7, 11) is 0. The monoisotopic (exact) mass is 235 g/mol. The van der Waals surface area contributed by atoms with Crippen LogP contribution < -0.4 is 4.74 Å². The number of rotatable bonds is 7. The molecule has 0 saturated carbocycles. The molecule has 0 aliphatic heterocycles. The molecule has 1 aromatic carbocycles. The second kappa shape index (κ2) is 7.54. The van der Waals surface area contributed by atoms with Crippen LogP contribution >= 0.6 is 0 Å². The third-order valence-corrected chi connectivity index (χ3v) is 2.33. The molecule has 5 nitrogen and oxygen atoms in total. The fraction of sp³-hybridized carbons (Fsp3) is 0.500. The van der Waals surface area contributed by atoms with E-state index in [-0.39, 0.29) is 12.6 Å². The van der Waals surface area contributed by atoms with Crippen molar-refractivity contribution < 1.29 is 9.84 Å². The van der Waals surface area contributed by atoms with Crippen molar-refractivity contribution in [3.8, 4) is 5.75 Å². The first kappa shape index (κ1) is 13.4. The lowest BCUT2D eigenvalue weighted by Gasteiger charge is -2.11. The Morgan fingerprint density at radius 2 is 2.12 bits per heavy atom. The van der Waals surface area contributed by atoms with Crippen molar-refractivity contribution in [1.82, 2.24) is 0 Å². The highest BCUT2D eigenvalue weighted by molar-refractivity contribution is 5.29. The highest BCUT2D eigenvalue weighted by Gasteiger charge is 2.08. The van der Waals surface area contributed by atoms with E-state index in [0.29, 0.717) is 13.0 Å². The molecule has 1 unspecified atom stereocenters. The van der Waals surface area contributed by atoms with Gasteiger partial charge in [-0.3, -0.25) is 0 Å². The third kappa shape index (κ3) is 4.34. The van der Waals surface area contributed by atoms with Crippen LogP contribution in [0.5, 0.6) is 5.75 Å². The van der Waals surface area contributed by atoms with Gasteiger partial charge in [0.1, 0.15) is 5.75 Å². The first-order valence-electron chi connectivity index (χ1n) is 5.69. The number of ether oxygens (including phenoxy) is 1. The molecule has 0 spiro atoms. The minimum absolute atomic E-state index is 0.00221. The van der Waals surface area contributed by atoms with Gasteiger partial charge in [-0.2, -0.15) is 0 Å². The smallest absolute Gasteiger partial charge is 0.119 e. The van der Waals surface area contributed by atoms with Gasteiger partial charge in [0.2, 0.25) is 0 Å².